The van der Waals surface area contributed by atoms with Crippen molar-refractivity contribution >= 4 is 23.2 Å². The molecule has 1 aromatic rings. The number of nitrogens with two attached hydrogens (primary N) is 1. The molecule has 0 atom stereocenters. The number of hydrogen-bond acceptors (Lipinski definition) is 2. The van der Waals surface area contributed by atoms with Crippen molar-refractivity contribution in [1.82, 2.24) is 4.90 Å². The highest BCUT2D eigenvalue weighted by atomic mass is 35.5. The zero-order valence-electron chi connectivity index (χ0n) is 9.13. The van der Waals surface area contributed by atoms with Gasteiger partial charge < -0.3 is 5.73 Å². The van der Waals surface area contributed by atoms with E-state index in [-0.39, 0.29) is 0 Å². The van der Waals surface area contributed by atoms with E-state index in [9.17, 15) is 0 Å². The van der Waals surface area contributed by atoms with E-state index in [0.29, 0.717) is 12.6 Å². The normalized spacial score (nSPS) is 15.8. The lowest BCUT2D eigenvalue weighted by atomic mass is 10.2. The quantitative estimate of drug-likeness (QED) is 0.880. The summed E-state index contributed by atoms with van der Waals surface area (Å²) in [5.74, 6) is 0. The molecule has 0 spiro atoms. The minimum Gasteiger partial charge on any atom is -0.329 e. The fourth-order valence-electron chi connectivity index (χ4n) is 1.88. The Morgan fingerprint density at radius 2 is 1.88 bits per heavy atom. The molecular formula is C12H16Cl2N2. The van der Waals surface area contributed by atoms with Crippen LogP contribution in [0.15, 0.2) is 18.2 Å². The molecule has 1 aliphatic rings. The van der Waals surface area contributed by atoms with Gasteiger partial charge in [0.05, 0.1) is 0 Å². The zero-order chi connectivity index (χ0) is 11.5. The second-order valence-electron chi connectivity index (χ2n) is 4.19. The second-order valence-corrected chi connectivity index (χ2v) is 5.00. The molecule has 0 unspecified atom stereocenters. The first-order chi connectivity index (χ1) is 7.72. The molecule has 0 aliphatic heterocycles. The molecule has 2 N–H and O–H groups in total. The summed E-state index contributed by atoms with van der Waals surface area (Å²) in [7, 11) is 0. The van der Waals surface area contributed by atoms with Gasteiger partial charge in [0.25, 0.3) is 0 Å². The van der Waals surface area contributed by atoms with Crippen LogP contribution in [0.4, 0.5) is 0 Å². The molecule has 0 heterocycles. The van der Waals surface area contributed by atoms with E-state index in [0.717, 1.165) is 28.7 Å². The minimum atomic E-state index is 0.677. The van der Waals surface area contributed by atoms with E-state index >= 15 is 0 Å². The first-order valence-electron chi connectivity index (χ1n) is 5.59. The fraction of sp³-hybridized carbons (Fsp3) is 0.500. The van der Waals surface area contributed by atoms with Crippen LogP contribution >= 0.6 is 23.2 Å². The van der Waals surface area contributed by atoms with Crippen LogP contribution in [0, 0.1) is 0 Å². The number of hydrogen-bond donors (Lipinski definition) is 1. The molecule has 1 fully saturated rings. The van der Waals surface area contributed by atoms with Crippen LogP contribution in [-0.2, 0) is 6.54 Å². The predicted molar refractivity (Wildman–Crippen MR) is 68.9 cm³/mol. The lowest BCUT2D eigenvalue weighted by Gasteiger charge is -2.22. The summed E-state index contributed by atoms with van der Waals surface area (Å²) < 4.78 is 0. The largest absolute Gasteiger partial charge is 0.329 e. The molecule has 0 bridgehead atoms. The Morgan fingerprint density at radius 1 is 1.25 bits per heavy atom. The van der Waals surface area contributed by atoms with Crippen LogP contribution in [0.3, 0.4) is 0 Å². The van der Waals surface area contributed by atoms with Gasteiger partial charge in [-0.2, -0.15) is 0 Å². The van der Waals surface area contributed by atoms with Crippen molar-refractivity contribution in [3.8, 4) is 0 Å². The first-order valence-corrected chi connectivity index (χ1v) is 6.35. The molecule has 1 saturated carbocycles. The van der Waals surface area contributed by atoms with Gasteiger partial charge in [-0.05, 0) is 25.0 Å². The van der Waals surface area contributed by atoms with E-state index < -0.39 is 0 Å². The molecule has 88 valence electrons. The highest BCUT2D eigenvalue weighted by Crippen LogP contribution is 2.31. The average Bonchev–Trinajstić information content (AvgIpc) is 3.06. The summed E-state index contributed by atoms with van der Waals surface area (Å²) in [5.41, 5.74) is 6.64. The van der Waals surface area contributed by atoms with E-state index in [2.05, 4.69) is 4.90 Å². The number of benzene rings is 1. The standard InChI is InChI=1S/C12H16Cl2N2/c13-11-2-1-3-12(14)10(11)8-16(7-6-15)9-4-5-9/h1-3,9H,4-8,15H2. The van der Waals surface area contributed by atoms with Crippen LogP contribution in [0.1, 0.15) is 18.4 Å². The van der Waals surface area contributed by atoms with Crippen molar-refractivity contribution in [3.63, 3.8) is 0 Å². The molecule has 2 nitrogen and oxygen atoms in total. The summed E-state index contributed by atoms with van der Waals surface area (Å²) in [6.45, 7) is 2.39. The maximum Gasteiger partial charge on any atom is 0.0465 e. The Labute approximate surface area is 106 Å². The summed E-state index contributed by atoms with van der Waals surface area (Å²) in [6.07, 6.45) is 2.53. The third-order valence-electron chi connectivity index (χ3n) is 2.90. The molecular weight excluding hydrogens is 243 g/mol. The Balaban J connectivity index is 2.11. The van der Waals surface area contributed by atoms with E-state index in [1.54, 1.807) is 0 Å². The van der Waals surface area contributed by atoms with Crippen LogP contribution in [0.5, 0.6) is 0 Å². The Kier molecular flexibility index (Phi) is 4.09. The van der Waals surface area contributed by atoms with Crippen LogP contribution in [0.2, 0.25) is 10.0 Å². The summed E-state index contributed by atoms with van der Waals surface area (Å²) in [6, 6.07) is 6.32. The fourth-order valence-corrected chi connectivity index (χ4v) is 2.40. The smallest absolute Gasteiger partial charge is 0.0465 e. The first kappa shape index (κ1) is 12.2. The summed E-state index contributed by atoms with van der Waals surface area (Å²) in [5, 5.41) is 1.49. The number of halogens is 2. The monoisotopic (exact) mass is 258 g/mol. The molecule has 2 rings (SSSR count). The van der Waals surface area contributed by atoms with Gasteiger partial charge in [0, 0.05) is 41.3 Å². The Hall–Kier alpha value is -0.280. The van der Waals surface area contributed by atoms with Crippen molar-refractivity contribution in [1.29, 1.82) is 0 Å². The predicted octanol–water partition coefficient (Wildman–Crippen LogP) is 2.92. The lowest BCUT2D eigenvalue weighted by molar-refractivity contribution is 0.262. The zero-order valence-corrected chi connectivity index (χ0v) is 10.6. The maximum absolute atomic E-state index is 6.16. The summed E-state index contributed by atoms with van der Waals surface area (Å²) >= 11 is 12.3. The molecule has 0 aromatic heterocycles. The van der Waals surface area contributed by atoms with Gasteiger partial charge in [0.15, 0.2) is 0 Å². The van der Waals surface area contributed by atoms with Crippen molar-refractivity contribution in [2.24, 2.45) is 5.73 Å². The third kappa shape index (κ3) is 2.89. The maximum atomic E-state index is 6.16. The highest BCUT2D eigenvalue weighted by molar-refractivity contribution is 6.35. The van der Waals surface area contributed by atoms with Crippen molar-refractivity contribution in [2.75, 3.05) is 13.1 Å². The molecule has 0 saturated heterocycles. The van der Waals surface area contributed by atoms with Crippen LogP contribution < -0.4 is 5.73 Å². The molecule has 4 heteroatoms. The summed E-state index contributed by atoms with van der Waals surface area (Å²) in [4.78, 5) is 2.37. The van der Waals surface area contributed by atoms with Crippen molar-refractivity contribution in [3.05, 3.63) is 33.8 Å². The van der Waals surface area contributed by atoms with Gasteiger partial charge in [-0.1, -0.05) is 29.3 Å². The molecule has 1 aromatic carbocycles. The van der Waals surface area contributed by atoms with E-state index in [4.69, 9.17) is 28.9 Å². The van der Waals surface area contributed by atoms with Gasteiger partial charge in [-0.15, -0.1) is 0 Å². The van der Waals surface area contributed by atoms with Gasteiger partial charge in [0.2, 0.25) is 0 Å². The molecule has 16 heavy (non-hydrogen) atoms. The molecule has 0 radical (unpaired) electrons. The lowest BCUT2D eigenvalue weighted by Crippen LogP contribution is -2.31. The van der Waals surface area contributed by atoms with Crippen LogP contribution in [0.25, 0.3) is 0 Å². The van der Waals surface area contributed by atoms with Gasteiger partial charge in [-0.3, -0.25) is 4.90 Å². The molecule has 1 aliphatic carbocycles. The highest BCUT2D eigenvalue weighted by Gasteiger charge is 2.29. The number of rotatable bonds is 5. The topological polar surface area (TPSA) is 29.3 Å². The van der Waals surface area contributed by atoms with Crippen molar-refractivity contribution in [2.45, 2.75) is 25.4 Å². The van der Waals surface area contributed by atoms with E-state index in [1.165, 1.54) is 12.8 Å². The van der Waals surface area contributed by atoms with E-state index in [1.807, 2.05) is 18.2 Å². The second kappa shape index (κ2) is 5.37. The molecule has 0 amide bonds. The SMILES string of the molecule is NCCN(Cc1c(Cl)cccc1Cl)C1CC1. The average molecular weight is 259 g/mol. The number of nitrogens with zero attached hydrogens (tertiary/aromatic N) is 1. The van der Waals surface area contributed by atoms with Gasteiger partial charge in [0.1, 0.15) is 0 Å². The van der Waals surface area contributed by atoms with Crippen LogP contribution in [-0.4, -0.2) is 24.0 Å². The van der Waals surface area contributed by atoms with Gasteiger partial charge >= 0.3 is 0 Å². The third-order valence-corrected chi connectivity index (χ3v) is 3.61. The minimum absolute atomic E-state index is 0.677. The Bertz CT molecular complexity index is 344. The van der Waals surface area contributed by atoms with Gasteiger partial charge in [-0.25, -0.2) is 0 Å². The Morgan fingerprint density at radius 3 is 2.38 bits per heavy atom. The van der Waals surface area contributed by atoms with Crippen molar-refractivity contribution < 1.29 is 0 Å².